The Balaban J connectivity index is 1.46. The summed E-state index contributed by atoms with van der Waals surface area (Å²) in [5.41, 5.74) is 5.41. The lowest BCUT2D eigenvalue weighted by Gasteiger charge is -2.15. The van der Waals surface area contributed by atoms with Crippen LogP contribution >= 0.6 is 0 Å². The second kappa shape index (κ2) is 9.65. The molecule has 0 aliphatic carbocycles. The molecule has 0 amide bonds. The van der Waals surface area contributed by atoms with E-state index < -0.39 is 5.97 Å². The van der Waals surface area contributed by atoms with Crippen molar-refractivity contribution in [2.75, 3.05) is 18.7 Å². The lowest BCUT2D eigenvalue weighted by Crippen LogP contribution is -2.25. The highest BCUT2D eigenvalue weighted by molar-refractivity contribution is 6.07. The number of aryl methyl sites for hydroxylation is 1. The van der Waals surface area contributed by atoms with Crippen molar-refractivity contribution in [3.05, 3.63) is 117 Å². The van der Waals surface area contributed by atoms with Gasteiger partial charge in [-0.05, 0) is 35.7 Å². The minimum atomic E-state index is -0.400. The average molecular weight is 482 g/mol. The minimum Gasteiger partial charge on any atom is -0.465 e. The van der Waals surface area contributed by atoms with Gasteiger partial charge in [-0.15, -0.1) is 5.10 Å². The van der Waals surface area contributed by atoms with Gasteiger partial charge in [0.1, 0.15) is 0 Å². The van der Waals surface area contributed by atoms with Crippen LogP contribution in [0.4, 0.5) is 5.95 Å². The van der Waals surface area contributed by atoms with Crippen molar-refractivity contribution in [2.24, 2.45) is 12.1 Å². The van der Waals surface area contributed by atoms with Gasteiger partial charge in [0.15, 0.2) is 0 Å². The molecule has 0 fully saturated rings. The van der Waals surface area contributed by atoms with E-state index in [9.17, 15) is 9.59 Å². The summed E-state index contributed by atoms with van der Waals surface area (Å²) in [6, 6.07) is 25.6. The van der Waals surface area contributed by atoms with Crippen LogP contribution in [-0.2, 0) is 18.3 Å². The van der Waals surface area contributed by atoms with E-state index in [4.69, 9.17) is 9.84 Å². The van der Waals surface area contributed by atoms with Gasteiger partial charge in [-0.2, -0.15) is 5.10 Å². The van der Waals surface area contributed by atoms with Gasteiger partial charge in [0.25, 0.3) is 0 Å². The highest BCUT2D eigenvalue weighted by Gasteiger charge is 2.32. The minimum absolute atomic E-state index is 0.0417. The van der Waals surface area contributed by atoms with E-state index in [2.05, 4.69) is 48.4 Å². The number of carbonyl (C=O) groups excluding carboxylic acids is 1. The van der Waals surface area contributed by atoms with E-state index >= 15 is 0 Å². The van der Waals surface area contributed by atoms with Gasteiger partial charge in [0, 0.05) is 13.0 Å². The number of esters is 1. The van der Waals surface area contributed by atoms with E-state index in [0.29, 0.717) is 18.1 Å². The number of hydrazone groups is 1. The Morgan fingerprint density at radius 3 is 2.36 bits per heavy atom. The number of hydrogen-bond acceptors (Lipinski definition) is 6. The quantitative estimate of drug-likeness (QED) is 0.392. The Bertz CT molecular complexity index is 1470. The van der Waals surface area contributed by atoms with Gasteiger partial charge in [0.2, 0.25) is 5.95 Å². The molecule has 1 aliphatic heterocycles. The van der Waals surface area contributed by atoms with Crippen molar-refractivity contribution in [1.82, 2.24) is 14.3 Å². The molecule has 3 aromatic carbocycles. The Kier molecular flexibility index (Phi) is 6.25. The summed E-state index contributed by atoms with van der Waals surface area (Å²) in [6.07, 6.45) is 0. The number of hydrogen-bond donors (Lipinski definition) is 0. The number of nitrogens with zero attached hydrogens (tertiary/aromatic N) is 5. The van der Waals surface area contributed by atoms with Crippen molar-refractivity contribution in [2.45, 2.75) is 19.4 Å². The van der Waals surface area contributed by atoms with Crippen LogP contribution in [0, 0.1) is 6.92 Å². The maximum absolute atomic E-state index is 13.0. The van der Waals surface area contributed by atoms with Crippen LogP contribution in [0.5, 0.6) is 0 Å². The molecule has 182 valence electrons. The molecule has 0 N–H and O–H groups in total. The smallest absolute Gasteiger partial charge is 0.347 e. The fraction of sp³-hybridized carbons (Fsp3) is 0.214. The van der Waals surface area contributed by atoms with Gasteiger partial charge in [-0.25, -0.2) is 19.3 Å². The normalized spacial score (nSPS) is 15.1. The van der Waals surface area contributed by atoms with Gasteiger partial charge in [-0.3, -0.25) is 4.57 Å². The molecule has 1 atom stereocenters. The molecule has 36 heavy (non-hydrogen) atoms. The van der Waals surface area contributed by atoms with Crippen molar-refractivity contribution in [3.8, 4) is 0 Å². The summed E-state index contributed by atoms with van der Waals surface area (Å²) in [6.45, 7) is 2.91. The average Bonchev–Trinajstić information content (AvgIpc) is 3.47. The summed E-state index contributed by atoms with van der Waals surface area (Å²) < 4.78 is 7.69. The van der Waals surface area contributed by atoms with Crippen molar-refractivity contribution in [3.63, 3.8) is 0 Å². The first-order valence-electron chi connectivity index (χ1n) is 11.7. The van der Waals surface area contributed by atoms with E-state index in [0.717, 1.165) is 22.4 Å². The van der Waals surface area contributed by atoms with Crippen LogP contribution in [0.2, 0.25) is 0 Å². The number of methoxy groups -OCH3 is 1. The zero-order valence-corrected chi connectivity index (χ0v) is 20.5. The van der Waals surface area contributed by atoms with Gasteiger partial charge < -0.3 is 4.74 Å². The fourth-order valence-corrected chi connectivity index (χ4v) is 4.40. The first-order chi connectivity index (χ1) is 17.4. The van der Waals surface area contributed by atoms with Crippen molar-refractivity contribution >= 4 is 17.6 Å². The summed E-state index contributed by atoms with van der Waals surface area (Å²) in [5, 5.41) is 11.4. The predicted octanol–water partition coefficient (Wildman–Crippen LogP) is 3.73. The zero-order chi connectivity index (χ0) is 25.2. The fourth-order valence-electron chi connectivity index (χ4n) is 4.40. The predicted molar refractivity (Wildman–Crippen MR) is 139 cm³/mol. The molecule has 5 rings (SSSR count). The van der Waals surface area contributed by atoms with Crippen LogP contribution in [-0.4, -0.2) is 39.7 Å². The Morgan fingerprint density at radius 2 is 1.69 bits per heavy atom. The molecule has 0 radical (unpaired) electrons. The van der Waals surface area contributed by atoms with Crippen LogP contribution in [0.3, 0.4) is 0 Å². The van der Waals surface area contributed by atoms with Crippen LogP contribution in [0.1, 0.15) is 38.5 Å². The molecule has 0 spiro atoms. The maximum atomic E-state index is 13.0. The lowest BCUT2D eigenvalue weighted by atomic mass is 9.90. The second-order valence-electron chi connectivity index (χ2n) is 8.88. The molecular formula is C28H27N5O3. The van der Waals surface area contributed by atoms with Gasteiger partial charge in [-0.1, -0.05) is 72.3 Å². The second-order valence-corrected chi connectivity index (χ2v) is 8.88. The molecule has 1 aliphatic rings. The topological polar surface area (TPSA) is 81.7 Å². The summed E-state index contributed by atoms with van der Waals surface area (Å²) in [5.74, 6) is 0.123. The standard InChI is InChI=1S/C28H27N5O3/c1-19-9-13-22(14-10-19)25-24(21-7-5-4-6-8-21)18-32(29-25)27-30-33(28(35)31(27)2)17-20-11-15-23(16-12-20)26(34)36-3/h4-16,24H,17-18H2,1-3H3. The summed E-state index contributed by atoms with van der Waals surface area (Å²) in [4.78, 5) is 24.7. The molecule has 8 nitrogen and oxygen atoms in total. The molecular weight excluding hydrogens is 454 g/mol. The molecule has 0 saturated heterocycles. The number of benzene rings is 3. The third-order valence-corrected chi connectivity index (χ3v) is 6.42. The number of anilines is 1. The highest BCUT2D eigenvalue weighted by Crippen LogP contribution is 2.31. The first kappa shape index (κ1) is 23.3. The van der Waals surface area contributed by atoms with Crippen LogP contribution < -0.4 is 10.7 Å². The largest absolute Gasteiger partial charge is 0.465 e. The zero-order valence-electron chi connectivity index (χ0n) is 20.5. The van der Waals surface area contributed by atoms with Gasteiger partial charge in [0.05, 0.1) is 31.5 Å². The van der Waals surface area contributed by atoms with Crippen molar-refractivity contribution < 1.29 is 9.53 Å². The first-order valence-corrected chi connectivity index (χ1v) is 11.7. The molecule has 8 heteroatoms. The Hall–Kier alpha value is -4.46. The Labute approximate surface area is 209 Å². The molecule has 4 aromatic rings. The summed E-state index contributed by atoms with van der Waals surface area (Å²) in [7, 11) is 3.05. The molecule has 0 saturated carbocycles. The number of aromatic nitrogens is 3. The van der Waals surface area contributed by atoms with Gasteiger partial charge >= 0.3 is 11.7 Å². The highest BCUT2D eigenvalue weighted by atomic mass is 16.5. The molecule has 1 aromatic heterocycles. The molecule has 0 bridgehead atoms. The molecule has 1 unspecified atom stereocenters. The van der Waals surface area contributed by atoms with E-state index in [1.54, 1.807) is 31.3 Å². The van der Waals surface area contributed by atoms with Crippen LogP contribution in [0.25, 0.3) is 0 Å². The maximum Gasteiger partial charge on any atom is 0.347 e. The number of ether oxygens (including phenoxy) is 1. The third kappa shape index (κ3) is 4.45. The summed E-state index contributed by atoms with van der Waals surface area (Å²) >= 11 is 0. The van der Waals surface area contributed by atoms with Crippen molar-refractivity contribution in [1.29, 1.82) is 0 Å². The number of rotatable bonds is 6. The lowest BCUT2D eigenvalue weighted by molar-refractivity contribution is 0.0600. The monoisotopic (exact) mass is 481 g/mol. The SMILES string of the molecule is COC(=O)c1ccc(Cn2nc(N3CC(c4ccccc4)C(c4ccc(C)cc4)=N3)n(C)c2=O)cc1. The van der Waals surface area contributed by atoms with E-state index in [1.165, 1.54) is 21.9 Å². The van der Waals surface area contributed by atoms with Crippen LogP contribution in [0.15, 0.2) is 88.8 Å². The van der Waals surface area contributed by atoms with E-state index in [1.807, 2.05) is 23.2 Å². The molecule has 2 heterocycles. The van der Waals surface area contributed by atoms with E-state index in [-0.39, 0.29) is 18.2 Å². The number of carbonyl (C=O) groups is 1. The Morgan fingerprint density at radius 1 is 1.00 bits per heavy atom. The third-order valence-electron chi connectivity index (χ3n) is 6.42.